The van der Waals surface area contributed by atoms with Gasteiger partial charge in [-0.1, -0.05) is 140 Å². The molecule has 0 N–H and O–H groups in total. The first kappa shape index (κ1) is 28.6. The molecule has 0 radical (unpaired) electrons. The zero-order valence-electron chi connectivity index (χ0n) is 27.5. The summed E-state index contributed by atoms with van der Waals surface area (Å²) in [5.41, 5.74) is 14.8. The van der Waals surface area contributed by atoms with Crippen molar-refractivity contribution in [3.8, 4) is 39.1 Å². The van der Waals surface area contributed by atoms with E-state index in [0.29, 0.717) is 5.92 Å². The Morgan fingerprint density at radius 1 is 0.400 bits per heavy atom. The number of aromatic nitrogens is 1. The molecule has 2 atom stereocenters. The Labute approximate surface area is 292 Å². The van der Waals surface area contributed by atoms with E-state index in [0.717, 1.165) is 0 Å². The standard InChI is InChI=1S/C48H34N2/c1-4-14-33(15-5-1)35-24-27-46(41(30-35)34-16-6-2-7-17-34)50-45-23-13-11-21-40(45)43-32-37(26-29-48(43)50)36-25-28-47-42(31-36)39-20-10-12-22-44(39)49(47)38-18-8-3-9-19-38/h1-32,39,44H. The summed E-state index contributed by atoms with van der Waals surface area (Å²) in [6, 6.07) is 62.3. The van der Waals surface area contributed by atoms with Gasteiger partial charge in [-0.15, -0.1) is 0 Å². The molecule has 2 heteroatoms. The Morgan fingerprint density at radius 3 is 1.80 bits per heavy atom. The Hall–Kier alpha value is -6.38. The summed E-state index contributed by atoms with van der Waals surface area (Å²) in [4.78, 5) is 2.49. The van der Waals surface area contributed by atoms with Crippen LogP contribution in [-0.2, 0) is 0 Å². The van der Waals surface area contributed by atoms with Crippen molar-refractivity contribution < 1.29 is 0 Å². The van der Waals surface area contributed by atoms with Gasteiger partial charge in [0.1, 0.15) is 0 Å². The van der Waals surface area contributed by atoms with E-state index < -0.39 is 0 Å². The van der Waals surface area contributed by atoms with Crippen molar-refractivity contribution in [3.05, 3.63) is 200 Å². The van der Waals surface area contributed by atoms with Gasteiger partial charge in [0.2, 0.25) is 0 Å². The minimum absolute atomic E-state index is 0.278. The molecule has 7 aromatic carbocycles. The Morgan fingerprint density at radius 2 is 1.00 bits per heavy atom. The van der Waals surface area contributed by atoms with Gasteiger partial charge in [0.05, 0.1) is 22.8 Å². The van der Waals surface area contributed by atoms with Crippen molar-refractivity contribution in [2.75, 3.05) is 4.90 Å². The normalized spacial score (nSPS) is 16.2. The number of fused-ring (bicyclic) bond motifs is 6. The van der Waals surface area contributed by atoms with Crippen molar-refractivity contribution in [1.82, 2.24) is 4.57 Å². The van der Waals surface area contributed by atoms with E-state index in [1.807, 2.05) is 0 Å². The smallest absolute Gasteiger partial charge is 0.0629 e. The van der Waals surface area contributed by atoms with E-state index in [2.05, 4.69) is 204 Å². The van der Waals surface area contributed by atoms with Crippen molar-refractivity contribution in [2.45, 2.75) is 12.0 Å². The van der Waals surface area contributed by atoms with Crippen molar-refractivity contribution in [2.24, 2.45) is 0 Å². The molecule has 8 aromatic rings. The molecule has 236 valence electrons. The van der Waals surface area contributed by atoms with Gasteiger partial charge in [-0.2, -0.15) is 0 Å². The maximum atomic E-state index is 2.49. The summed E-state index contributed by atoms with van der Waals surface area (Å²) in [6.07, 6.45) is 9.09. The van der Waals surface area contributed by atoms with Crippen LogP contribution in [0.25, 0.3) is 60.9 Å². The minimum atomic E-state index is 0.278. The second kappa shape index (κ2) is 11.6. The molecule has 0 fully saturated rings. The second-order valence-electron chi connectivity index (χ2n) is 13.3. The number of nitrogens with zero attached hydrogens (tertiary/aromatic N) is 2. The number of para-hydroxylation sites is 2. The summed E-state index contributed by atoms with van der Waals surface area (Å²) in [6.45, 7) is 0. The third-order valence-electron chi connectivity index (χ3n) is 10.5. The largest absolute Gasteiger partial charge is 0.333 e. The summed E-state index contributed by atoms with van der Waals surface area (Å²) in [7, 11) is 0. The molecular formula is C48H34N2. The van der Waals surface area contributed by atoms with E-state index in [-0.39, 0.29) is 6.04 Å². The summed E-state index contributed by atoms with van der Waals surface area (Å²) in [5.74, 6) is 0.316. The highest BCUT2D eigenvalue weighted by Gasteiger charge is 2.37. The second-order valence-corrected chi connectivity index (χ2v) is 13.3. The lowest BCUT2D eigenvalue weighted by molar-refractivity contribution is 0.745. The molecule has 0 saturated carbocycles. The average molecular weight is 639 g/mol. The monoisotopic (exact) mass is 638 g/mol. The van der Waals surface area contributed by atoms with Crippen molar-refractivity contribution in [1.29, 1.82) is 0 Å². The van der Waals surface area contributed by atoms with E-state index in [1.54, 1.807) is 0 Å². The fourth-order valence-electron chi connectivity index (χ4n) is 8.21. The number of rotatable bonds is 5. The molecule has 0 amide bonds. The molecule has 0 bridgehead atoms. The minimum Gasteiger partial charge on any atom is -0.333 e. The lowest BCUT2D eigenvalue weighted by Gasteiger charge is -2.28. The molecule has 1 aliphatic heterocycles. The highest BCUT2D eigenvalue weighted by Crippen LogP contribution is 2.49. The molecule has 0 saturated heterocycles. The van der Waals surface area contributed by atoms with Gasteiger partial charge >= 0.3 is 0 Å². The first-order chi connectivity index (χ1) is 24.8. The molecule has 0 spiro atoms. The van der Waals surface area contributed by atoms with E-state index >= 15 is 0 Å². The highest BCUT2D eigenvalue weighted by atomic mass is 15.2. The topological polar surface area (TPSA) is 8.17 Å². The van der Waals surface area contributed by atoms with Gasteiger partial charge < -0.3 is 9.47 Å². The lowest BCUT2D eigenvalue weighted by Crippen LogP contribution is -2.28. The van der Waals surface area contributed by atoms with E-state index in [1.165, 1.54) is 77.8 Å². The number of allylic oxidation sites excluding steroid dienone is 2. The third-order valence-corrected chi connectivity index (χ3v) is 10.5. The van der Waals surface area contributed by atoms with Crippen LogP contribution in [0.2, 0.25) is 0 Å². The van der Waals surface area contributed by atoms with Crippen LogP contribution in [0.5, 0.6) is 0 Å². The molecule has 1 aromatic heterocycles. The summed E-state index contributed by atoms with van der Waals surface area (Å²) < 4.78 is 2.45. The van der Waals surface area contributed by atoms with Crippen LogP contribution in [0.3, 0.4) is 0 Å². The van der Waals surface area contributed by atoms with Crippen LogP contribution < -0.4 is 4.90 Å². The van der Waals surface area contributed by atoms with Crippen LogP contribution >= 0.6 is 0 Å². The fourth-order valence-corrected chi connectivity index (χ4v) is 8.21. The number of anilines is 2. The number of benzene rings is 7. The summed E-state index contributed by atoms with van der Waals surface area (Å²) in [5, 5.41) is 2.52. The molecular weight excluding hydrogens is 605 g/mol. The van der Waals surface area contributed by atoms with Gasteiger partial charge in [0.25, 0.3) is 0 Å². The summed E-state index contributed by atoms with van der Waals surface area (Å²) >= 11 is 0. The molecule has 2 unspecified atom stereocenters. The van der Waals surface area contributed by atoms with Gasteiger partial charge in [0.15, 0.2) is 0 Å². The van der Waals surface area contributed by atoms with Crippen molar-refractivity contribution in [3.63, 3.8) is 0 Å². The van der Waals surface area contributed by atoms with Crippen LogP contribution in [0.4, 0.5) is 11.4 Å². The number of hydrogen-bond donors (Lipinski definition) is 0. The molecule has 50 heavy (non-hydrogen) atoms. The molecule has 2 nitrogen and oxygen atoms in total. The SMILES string of the molecule is C1=CC2c3cc(-c4ccc5c(c4)c4ccccc4n5-c4ccc(-c5ccccc5)cc4-c4ccccc4)ccc3N(c3ccccc3)C2C=C1. The quantitative estimate of drug-likeness (QED) is 0.182. The number of hydrogen-bond acceptors (Lipinski definition) is 1. The van der Waals surface area contributed by atoms with Crippen LogP contribution in [0.1, 0.15) is 11.5 Å². The molecule has 10 rings (SSSR count). The maximum Gasteiger partial charge on any atom is 0.0629 e. The van der Waals surface area contributed by atoms with Crippen LogP contribution in [0.15, 0.2) is 194 Å². The predicted molar refractivity (Wildman–Crippen MR) is 210 cm³/mol. The van der Waals surface area contributed by atoms with E-state index in [9.17, 15) is 0 Å². The molecule has 2 heterocycles. The maximum absolute atomic E-state index is 2.49. The fraction of sp³-hybridized carbons (Fsp3) is 0.0417. The van der Waals surface area contributed by atoms with Crippen LogP contribution in [-0.4, -0.2) is 10.6 Å². The Balaban J connectivity index is 1.13. The van der Waals surface area contributed by atoms with Crippen LogP contribution in [0, 0.1) is 0 Å². The zero-order chi connectivity index (χ0) is 33.0. The van der Waals surface area contributed by atoms with Gasteiger partial charge in [-0.05, 0) is 88.0 Å². The molecule has 1 aliphatic carbocycles. The zero-order valence-corrected chi connectivity index (χ0v) is 27.5. The first-order valence-corrected chi connectivity index (χ1v) is 17.4. The third kappa shape index (κ3) is 4.57. The van der Waals surface area contributed by atoms with E-state index in [4.69, 9.17) is 0 Å². The Kier molecular flexibility index (Phi) is 6.67. The lowest BCUT2D eigenvalue weighted by atomic mass is 9.89. The van der Waals surface area contributed by atoms with Gasteiger partial charge in [-0.25, -0.2) is 0 Å². The Bertz CT molecular complexity index is 2590. The predicted octanol–water partition coefficient (Wildman–Crippen LogP) is 12.5. The van der Waals surface area contributed by atoms with Gasteiger partial charge in [-0.3, -0.25) is 0 Å². The first-order valence-electron chi connectivity index (χ1n) is 17.4. The molecule has 2 aliphatic rings. The highest BCUT2D eigenvalue weighted by molar-refractivity contribution is 6.11. The van der Waals surface area contributed by atoms with Gasteiger partial charge in [0, 0.05) is 33.6 Å². The average Bonchev–Trinajstić information content (AvgIpc) is 3.71. The van der Waals surface area contributed by atoms with Crippen molar-refractivity contribution >= 4 is 33.2 Å².